The molecule has 2 aromatic carbocycles. The molecule has 0 saturated heterocycles. The summed E-state index contributed by atoms with van der Waals surface area (Å²) in [6, 6.07) is 15.4. The van der Waals surface area contributed by atoms with Gasteiger partial charge in [0, 0.05) is 0 Å². The lowest BCUT2D eigenvalue weighted by Crippen LogP contribution is -2.51. The van der Waals surface area contributed by atoms with Gasteiger partial charge in [-0.3, -0.25) is 4.79 Å². The first-order valence-electron chi connectivity index (χ1n) is 6.86. The lowest BCUT2D eigenvalue weighted by atomic mass is 9.79. The van der Waals surface area contributed by atoms with E-state index in [0.29, 0.717) is 0 Å². The molecule has 21 heavy (non-hydrogen) atoms. The number of hydrogen-bond acceptors (Lipinski definition) is 2. The minimum absolute atomic E-state index is 0.156. The molecule has 3 nitrogen and oxygen atoms in total. The number of rotatable bonds is 5. The lowest BCUT2D eigenvalue weighted by Gasteiger charge is -2.37. The SMILES string of the molecule is CC(C)C(Nc1ccccc1F)(C(N)=O)c1ccccc1. The molecule has 0 aliphatic carbocycles. The smallest absolute Gasteiger partial charge is 0.248 e. The van der Waals surface area contributed by atoms with Gasteiger partial charge in [0.05, 0.1) is 5.69 Å². The fraction of sp³-hybridized carbons (Fsp3) is 0.235. The van der Waals surface area contributed by atoms with Crippen LogP contribution < -0.4 is 11.1 Å². The highest BCUT2D eigenvalue weighted by Crippen LogP contribution is 2.34. The molecule has 2 rings (SSSR count). The largest absolute Gasteiger partial charge is 0.367 e. The van der Waals surface area contributed by atoms with Crippen LogP contribution in [0.1, 0.15) is 19.4 Å². The van der Waals surface area contributed by atoms with Crippen molar-refractivity contribution in [3.8, 4) is 0 Å². The standard InChI is InChI=1S/C17H19FN2O/c1-12(2)17(16(19)21,13-8-4-3-5-9-13)20-15-11-7-6-10-14(15)18/h3-12,20H,1-2H3,(H2,19,21). The van der Waals surface area contributed by atoms with Crippen LogP contribution in [0.5, 0.6) is 0 Å². The summed E-state index contributed by atoms with van der Waals surface area (Å²) >= 11 is 0. The number of amides is 1. The predicted octanol–water partition coefficient (Wildman–Crippen LogP) is 3.27. The number of nitrogens with two attached hydrogens (primary N) is 1. The van der Waals surface area contributed by atoms with Gasteiger partial charge >= 0.3 is 0 Å². The fourth-order valence-electron chi connectivity index (χ4n) is 2.51. The third kappa shape index (κ3) is 2.75. The average molecular weight is 286 g/mol. The first kappa shape index (κ1) is 15.0. The van der Waals surface area contributed by atoms with Crippen molar-refractivity contribution in [3.63, 3.8) is 0 Å². The first-order valence-corrected chi connectivity index (χ1v) is 6.86. The number of carbonyl (C=O) groups excluding carboxylic acids is 1. The molecule has 1 unspecified atom stereocenters. The molecule has 3 N–H and O–H groups in total. The van der Waals surface area contributed by atoms with Gasteiger partial charge in [0.15, 0.2) is 0 Å². The van der Waals surface area contributed by atoms with Gasteiger partial charge in [-0.2, -0.15) is 0 Å². The van der Waals surface area contributed by atoms with Crippen molar-refractivity contribution in [2.75, 3.05) is 5.32 Å². The summed E-state index contributed by atoms with van der Waals surface area (Å²) in [5.41, 5.74) is 5.49. The van der Waals surface area contributed by atoms with Crippen LogP contribution in [-0.4, -0.2) is 5.91 Å². The summed E-state index contributed by atoms with van der Waals surface area (Å²) in [6.45, 7) is 3.76. The van der Waals surface area contributed by atoms with Gasteiger partial charge < -0.3 is 11.1 Å². The molecule has 0 fully saturated rings. The Morgan fingerprint density at radius 1 is 1.10 bits per heavy atom. The fourth-order valence-corrected chi connectivity index (χ4v) is 2.51. The van der Waals surface area contributed by atoms with Crippen molar-refractivity contribution in [2.45, 2.75) is 19.4 Å². The van der Waals surface area contributed by atoms with Crippen molar-refractivity contribution in [1.82, 2.24) is 0 Å². The number of carbonyl (C=O) groups is 1. The molecule has 1 atom stereocenters. The van der Waals surface area contributed by atoms with E-state index in [-0.39, 0.29) is 11.6 Å². The zero-order valence-electron chi connectivity index (χ0n) is 12.1. The predicted molar refractivity (Wildman–Crippen MR) is 82.2 cm³/mol. The second-order valence-corrected chi connectivity index (χ2v) is 5.30. The summed E-state index contributed by atoms with van der Waals surface area (Å²) in [4.78, 5) is 12.2. The normalized spacial score (nSPS) is 13.7. The van der Waals surface area contributed by atoms with Crippen molar-refractivity contribution >= 4 is 11.6 Å². The molecular weight excluding hydrogens is 267 g/mol. The van der Waals surface area contributed by atoms with Gasteiger partial charge in [0.2, 0.25) is 5.91 Å². The number of primary amides is 1. The van der Waals surface area contributed by atoms with Crippen molar-refractivity contribution in [2.24, 2.45) is 11.7 Å². The Kier molecular flexibility index (Phi) is 4.26. The summed E-state index contributed by atoms with van der Waals surface area (Å²) in [7, 11) is 0. The Labute approximate surface area is 124 Å². The number of para-hydroxylation sites is 1. The van der Waals surface area contributed by atoms with E-state index in [0.717, 1.165) is 5.56 Å². The third-order valence-corrected chi connectivity index (χ3v) is 3.69. The van der Waals surface area contributed by atoms with Gasteiger partial charge in [0.25, 0.3) is 0 Å². The maximum absolute atomic E-state index is 13.9. The Bertz CT molecular complexity index is 628. The number of anilines is 1. The van der Waals surface area contributed by atoms with Gasteiger partial charge in [-0.25, -0.2) is 4.39 Å². The van der Waals surface area contributed by atoms with Gasteiger partial charge in [-0.1, -0.05) is 56.3 Å². The van der Waals surface area contributed by atoms with E-state index >= 15 is 0 Å². The summed E-state index contributed by atoms with van der Waals surface area (Å²) in [5.74, 6) is -1.11. The minimum atomic E-state index is -1.16. The summed E-state index contributed by atoms with van der Waals surface area (Å²) in [5, 5.41) is 3.03. The summed E-state index contributed by atoms with van der Waals surface area (Å²) in [6.07, 6.45) is 0. The number of benzene rings is 2. The topological polar surface area (TPSA) is 55.1 Å². The van der Waals surface area contributed by atoms with E-state index in [1.54, 1.807) is 18.2 Å². The van der Waals surface area contributed by atoms with Crippen LogP contribution in [0, 0.1) is 11.7 Å². The van der Waals surface area contributed by atoms with Crippen LogP contribution >= 0.6 is 0 Å². The van der Waals surface area contributed by atoms with Crippen molar-refractivity contribution in [3.05, 3.63) is 66.0 Å². The Hall–Kier alpha value is -2.36. The van der Waals surface area contributed by atoms with Gasteiger partial charge in [0.1, 0.15) is 11.4 Å². The van der Waals surface area contributed by atoms with Crippen molar-refractivity contribution < 1.29 is 9.18 Å². The Balaban J connectivity index is 2.56. The number of nitrogens with one attached hydrogen (secondary N) is 1. The molecule has 0 spiro atoms. The zero-order chi connectivity index (χ0) is 15.5. The van der Waals surface area contributed by atoms with Crippen LogP contribution in [-0.2, 0) is 10.3 Å². The van der Waals surface area contributed by atoms with Crippen molar-refractivity contribution in [1.29, 1.82) is 0 Å². The maximum atomic E-state index is 13.9. The molecule has 2 aromatic rings. The number of hydrogen-bond donors (Lipinski definition) is 2. The molecular formula is C17H19FN2O. The van der Waals surface area contributed by atoms with E-state index in [9.17, 15) is 9.18 Å². The third-order valence-electron chi connectivity index (χ3n) is 3.69. The van der Waals surface area contributed by atoms with Gasteiger partial charge in [-0.05, 0) is 23.6 Å². The molecule has 0 bridgehead atoms. The first-order chi connectivity index (χ1) is 9.98. The monoisotopic (exact) mass is 286 g/mol. The highest BCUT2D eigenvalue weighted by atomic mass is 19.1. The molecule has 0 saturated carbocycles. The summed E-state index contributed by atoms with van der Waals surface area (Å²) < 4.78 is 13.9. The molecule has 0 aromatic heterocycles. The van der Waals surface area contributed by atoms with Gasteiger partial charge in [-0.15, -0.1) is 0 Å². The molecule has 0 aliphatic rings. The van der Waals surface area contributed by atoms with E-state index in [2.05, 4.69) is 5.32 Å². The van der Waals surface area contributed by atoms with E-state index in [1.807, 2.05) is 44.2 Å². The Morgan fingerprint density at radius 2 is 1.67 bits per heavy atom. The minimum Gasteiger partial charge on any atom is -0.367 e. The van der Waals surface area contributed by atoms with Crippen LogP contribution in [0.2, 0.25) is 0 Å². The zero-order valence-corrected chi connectivity index (χ0v) is 12.1. The van der Waals surface area contributed by atoms with Crippen LogP contribution in [0.25, 0.3) is 0 Å². The Morgan fingerprint density at radius 3 is 2.19 bits per heavy atom. The lowest BCUT2D eigenvalue weighted by molar-refractivity contribution is -0.124. The van der Waals surface area contributed by atoms with E-state index < -0.39 is 17.3 Å². The van der Waals surface area contributed by atoms with E-state index in [4.69, 9.17) is 5.73 Å². The maximum Gasteiger partial charge on any atom is 0.248 e. The molecule has 4 heteroatoms. The van der Waals surface area contributed by atoms with Crippen LogP contribution in [0.4, 0.5) is 10.1 Å². The molecule has 110 valence electrons. The molecule has 1 amide bonds. The second kappa shape index (κ2) is 5.95. The highest BCUT2D eigenvalue weighted by Gasteiger charge is 2.42. The highest BCUT2D eigenvalue weighted by molar-refractivity contribution is 5.89. The van der Waals surface area contributed by atoms with Crippen LogP contribution in [0.3, 0.4) is 0 Å². The molecule has 0 aliphatic heterocycles. The number of halogens is 1. The average Bonchev–Trinajstić information content (AvgIpc) is 2.46. The molecule has 0 heterocycles. The molecule has 0 radical (unpaired) electrons. The van der Waals surface area contributed by atoms with Crippen LogP contribution in [0.15, 0.2) is 54.6 Å². The van der Waals surface area contributed by atoms with E-state index in [1.165, 1.54) is 6.07 Å². The quantitative estimate of drug-likeness (QED) is 0.886. The second-order valence-electron chi connectivity index (χ2n) is 5.30.